The van der Waals surface area contributed by atoms with Gasteiger partial charge >= 0.3 is 42.1 Å². The Balaban J connectivity index is 2.46. The molecule has 2 heterocycles. The fourth-order valence-corrected chi connectivity index (χ4v) is 3.11. The summed E-state index contributed by atoms with van der Waals surface area (Å²) in [5.74, 6) is -6.59. The molecule has 1 aromatic rings. The Hall–Kier alpha value is -3.62. The number of nitrogens with zero attached hydrogens (tertiary/aromatic N) is 2. The fraction of sp³-hybridized carbons (Fsp3) is 0.611. The number of anilines is 1. The number of halogens is 9. The van der Waals surface area contributed by atoms with Crippen LogP contribution in [0.5, 0.6) is 0 Å². The maximum Gasteiger partial charge on any atom is 0.399 e. The molecule has 0 amide bonds. The first-order valence-electron chi connectivity index (χ1n) is 10.2. The van der Waals surface area contributed by atoms with E-state index in [1.54, 1.807) is 0 Å². The maximum atomic E-state index is 12.7. The number of carbonyl (C=O) groups excluding carboxylic acids is 3. The molecule has 2 rings (SSSR count). The third kappa shape index (κ3) is 10.2. The van der Waals surface area contributed by atoms with Gasteiger partial charge in [-0.05, 0) is 6.07 Å². The molecule has 0 aromatic carbocycles. The average Bonchev–Trinajstić information content (AvgIpc) is 3.04. The molecule has 39 heavy (non-hydrogen) atoms. The van der Waals surface area contributed by atoms with E-state index in [2.05, 4.69) is 19.2 Å². The zero-order chi connectivity index (χ0) is 29.8. The molecule has 12 nitrogen and oxygen atoms in total. The lowest BCUT2D eigenvalue weighted by atomic mass is 10.1. The number of rotatable bonds is 9. The highest BCUT2D eigenvalue weighted by Crippen LogP contribution is 2.35. The number of carbonyl (C=O) groups is 3. The van der Waals surface area contributed by atoms with Crippen molar-refractivity contribution < 1.29 is 78.1 Å². The Morgan fingerprint density at radius 2 is 1.38 bits per heavy atom. The summed E-state index contributed by atoms with van der Waals surface area (Å²) in [5, 5.41) is 8.83. The van der Waals surface area contributed by atoms with E-state index >= 15 is 0 Å². The summed E-state index contributed by atoms with van der Waals surface area (Å²) in [6, 6.07) is 0.862. The van der Waals surface area contributed by atoms with E-state index in [1.807, 2.05) is 0 Å². The number of esters is 3. The summed E-state index contributed by atoms with van der Waals surface area (Å²) in [6.07, 6.45) is -30.1. The molecular formula is C18H16F9N3O9. The van der Waals surface area contributed by atoms with E-state index in [-0.39, 0.29) is 0 Å². The monoisotopic (exact) mass is 589 g/mol. The van der Waals surface area contributed by atoms with Crippen LogP contribution in [0.3, 0.4) is 0 Å². The number of aromatic nitrogens is 2. The smallest absolute Gasteiger partial charge is 0.399 e. The minimum absolute atomic E-state index is 0.383. The van der Waals surface area contributed by atoms with Crippen molar-refractivity contribution in [2.75, 3.05) is 12.1 Å². The Morgan fingerprint density at radius 3 is 1.85 bits per heavy atom. The van der Waals surface area contributed by atoms with Crippen LogP contribution in [0.2, 0.25) is 0 Å². The molecule has 0 spiro atoms. The van der Waals surface area contributed by atoms with Crippen LogP contribution in [0, 0.1) is 0 Å². The zero-order valence-electron chi connectivity index (χ0n) is 18.8. The molecule has 1 aliphatic rings. The van der Waals surface area contributed by atoms with Crippen molar-refractivity contribution in [2.45, 2.75) is 62.3 Å². The largest absolute Gasteiger partial charge is 0.463 e. The van der Waals surface area contributed by atoms with E-state index in [9.17, 15) is 58.7 Å². The maximum absolute atomic E-state index is 12.7. The summed E-state index contributed by atoms with van der Waals surface area (Å²) in [5.41, 5.74) is 0.101. The number of hydrogen-bond donors (Lipinski definition) is 2. The van der Waals surface area contributed by atoms with Crippen LogP contribution in [0.15, 0.2) is 17.1 Å². The topological polar surface area (TPSA) is 155 Å². The van der Waals surface area contributed by atoms with Crippen molar-refractivity contribution in [2.24, 2.45) is 0 Å². The lowest BCUT2D eigenvalue weighted by Crippen LogP contribution is -2.43. The van der Waals surface area contributed by atoms with Crippen LogP contribution in [0.1, 0.15) is 25.5 Å². The van der Waals surface area contributed by atoms with Crippen LogP contribution < -0.4 is 11.2 Å². The predicted octanol–water partition coefficient (Wildman–Crippen LogP) is 2.17. The van der Waals surface area contributed by atoms with E-state index in [0.717, 1.165) is 12.3 Å². The Labute approximate surface area is 209 Å². The Kier molecular flexibility index (Phi) is 9.76. The number of nitrogens with one attached hydrogen (secondary N) is 1. The summed E-state index contributed by atoms with van der Waals surface area (Å²) in [4.78, 5) is 50.8. The lowest BCUT2D eigenvalue weighted by molar-refractivity contribution is -0.192. The summed E-state index contributed by atoms with van der Waals surface area (Å²) < 4.78 is 132. The first kappa shape index (κ1) is 31.6. The first-order chi connectivity index (χ1) is 17.8. The first-order valence-corrected chi connectivity index (χ1v) is 10.2. The third-order valence-corrected chi connectivity index (χ3v) is 4.48. The lowest BCUT2D eigenvalue weighted by Gasteiger charge is -2.25. The number of hydrogen-bond acceptors (Lipinski definition) is 11. The molecule has 1 saturated heterocycles. The second-order valence-electron chi connectivity index (χ2n) is 7.65. The molecule has 4 atom stereocenters. The van der Waals surface area contributed by atoms with Crippen LogP contribution in [-0.4, -0.2) is 76.1 Å². The molecule has 1 fully saturated rings. The second kappa shape index (κ2) is 12.1. The van der Waals surface area contributed by atoms with Gasteiger partial charge in [0.2, 0.25) is 0 Å². The molecule has 0 bridgehead atoms. The fourth-order valence-electron chi connectivity index (χ4n) is 3.11. The standard InChI is InChI=1S/C18H16F9N3O9/c19-16(20,21)3-9(31)36-6-7-12(38-10(32)4-17(22,23)24)13(39-11(33)5-18(25,26)27)14(37-7)30-2-1-8(29-35)28-15(30)34/h1-2,7,12-14,35H,3-6H2,(H,28,29,34)/t7-,12-,13-,14-/m1/s1. The zero-order valence-corrected chi connectivity index (χ0v) is 18.8. The van der Waals surface area contributed by atoms with E-state index in [4.69, 9.17) is 9.94 Å². The summed E-state index contributed by atoms with van der Waals surface area (Å²) >= 11 is 0. The van der Waals surface area contributed by atoms with Gasteiger partial charge in [-0.3, -0.25) is 29.6 Å². The van der Waals surface area contributed by atoms with Gasteiger partial charge in [-0.2, -0.15) is 44.5 Å². The molecule has 0 aliphatic carbocycles. The third-order valence-electron chi connectivity index (χ3n) is 4.48. The number of ether oxygens (including phenoxy) is 4. The molecule has 1 aromatic heterocycles. The van der Waals surface area contributed by atoms with Crippen molar-refractivity contribution >= 4 is 23.7 Å². The molecule has 0 radical (unpaired) electrons. The summed E-state index contributed by atoms with van der Waals surface area (Å²) in [6.45, 7) is -1.30. The van der Waals surface area contributed by atoms with Gasteiger partial charge in [0, 0.05) is 6.20 Å². The van der Waals surface area contributed by atoms with Crippen molar-refractivity contribution in [3.8, 4) is 0 Å². The van der Waals surface area contributed by atoms with Gasteiger partial charge in [0.15, 0.2) is 24.3 Å². The highest BCUT2D eigenvalue weighted by molar-refractivity contribution is 5.72. The van der Waals surface area contributed by atoms with Crippen LogP contribution in [0.25, 0.3) is 0 Å². The van der Waals surface area contributed by atoms with Gasteiger partial charge in [-0.25, -0.2) is 4.79 Å². The van der Waals surface area contributed by atoms with Crippen molar-refractivity contribution in [1.82, 2.24) is 9.55 Å². The summed E-state index contributed by atoms with van der Waals surface area (Å²) in [7, 11) is 0. The van der Waals surface area contributed by atoms with Crippen molar-refractivity contribution in [3.05, 3.63) is 22.7 Å². The number of alkyl halides is 9. The molecule has 0 saturated carbocycles. The molecular weight excluding hydrogens is 573 g/mol. The van der Waals surface area contributed by atoms with Gasteiger partial charge in [0.1, 0.15) is 32.0 Å². The van der Waals surface area contributed by atoms with Crippen LogP contribution in [-0.2, 0) is 33.3 Å². The minimum atomic E-state index is -5.17. The SMILES string of the molecule is O=C(CC(F)(F)F)OC[C@H]1O[C@@H](n2ccc(NO)nc2=O)[C@H](OC(=O)CC(F)(F)F)[C@@H]1OC(=O)CC(F)(F)F. The molecule has 0 unspecified atom stereocenters. The highest BCUT2D eigenvalue weighted by atomic mass is 19.4. The average molecular weight is 589 g/mol. The van der Waals surface area contributed by atoms with Crippen molar-refractivity contribution in [3.63, 3.8) is 0 Å². The predicted molar refractivity (Wildman–Crippen MR) is 101 cm³/mol. The van der Waals surface area contributed by atoms with Crippen LogP contribution in [0.4, 0.5) is 45.3 Å². The molecule has 21 heteroatoms. The van der Waals surface area contributed by atoms with Gasteiger partial charge in [-0.15, -0.1) is 0 Å². The van der Waals surface area contributed by atoms with E-state index < -0.39 is 98.4 Å². The van der Waals surface area contributed by atoms with Crippen LogP contribution >= 0.6 is 0 Å². The van der Waals surface area contributed by atoms with E-state index in [1.165, 1.54) is 5.48 Å². The molecule has 1 aliphatic heterocycles. The van der Waals surface area contributed by atoms with Gasteiger partial charge < -0.3 is 18.9 Å². The van der Waals surface area contributed by atoms with Crippen molar-refractivity contribution in [1.29, 1.82) is 0 Å². The highest BCUT2D eigenvalue weighted by Gasteiger charge is 2.53. The normalized spacial score (nSPS) is 21.8. The second-order valence-corrected chi connectivity index (χ2v) is 7.65. The van der Waals surface area contributed by atoms with Gasteiger partial charge in [0.25, 0.3) is 0 Å². The minimum Gasteiger partial charge on any atom is -0.463 e. The van der Waals surface area contributed by atoms with E-state index in [0.29, 0.717) is 4.57 Å². The quantitative estimate of drug-likeness (QED) is 0.188. The molecule has 2 N–H and O–H groups in total. The molecule has 220 valence electrons. The van der Waals surface area contributed by atoms with Gasteiger partial charge in [0.05, 0.1) is 0 Å². The van der Waals surface area contributed by atoms with Gasteiger partial charge in [-0.1, -0.05) is 0 Å². The Morgan fingerprint density at radius 1 is 0.897 bits per heavy atom. The Bertz CT molecular complexity index is 1100.